The van der Waals surface area contributed by atoms with Crippen molar-refractivity contribution < 1.29 is 4.79 Å². The number of fused-ring (bicyclic) bond motifs is 3. The van der Waals surface area contributed by atoms with Crippen LogP contribution in [0.5, 0.6) is 0 Å². The fourth-order valence-corrected chi connectivity index (χ4v) is 2.57. The number of likely N-dealkylation sites (tertiary alicyclic amines) is 1. The van der Waals surface area contributed by atoms with E-state index in [0.29, 0.717) is 10.9 Å². The first-order chi connectivity index (χ1) is 9.22. The Kier molecular flexibility index (Phi) is 2.20. The van der Waals surface area contributed by atoms with Crippen molar-refractivity contribution in [3.63, 3.8) is 0 Å². The van der Waals surface area contributed by atoms with Crippen LogP contribution in [0.25, 0.3) is 0 Å². The van der Waals surface area contributed by atoms with Crippen molar-refractivity contribution in [1.29, 1.82) is 0 Å². The van der Waals surface area contributed by atoms with Crippen LogP contribution in [0.15, 0.2) is 28.2 Å². The maximum absolute atomic E-state index is 11.6. The molecule has 5 nitrogen and oxygen atoms in total. The Labute approximate surface area is 115 Å². The molecule has 4 rings (SSSR count). The van der Waals surface area contributed by atoms with Crippen molar-refractivity contribution in [3.05, 3.63) is 29.6 Å². The van der Waals surface area contributed by atoms with Crippen LogP contribution in [0.1, 0.15) is 0 Å². The molecule has 1 saturated heterocycles. The first kappa shape index (κ1) is 11.0. The van der Waals surface area contributed by atoms with Crippen LogP contribution in [0.3, 0.4) is 0 Å². The van der Waals surface area contributed by atoms with Gasteiger partial charge in [-0.1, -0.05) is 11.6 Å². The van der Waals surface area contributed by atoms with Gasteiger partial charge in [0, 0.05) is 24.5 Å². The molecule has 1 aromatic rings. The van der Waals surface area contributed by atoms with Gasteiger partial charge >= 0.3 is 0 Å². The summed E-state index contributed by atoms with van der Waals surface area (Å²) in [4.78, 5) is 24.3. The predicted octanol–water partition coefficient (Wildman–Crippen LogP) is 1.65. The van der Waals surface area contributed by atoms with E-state index in [1.165, 1.54) is 0 Å². The average Bonchev–Trinajstić information content (AvgIpc) is 2.70. The summed E-state index contributed by atoms with van der Waals surface area (Å²) in [5, 5.41) is 0.633. The maximum Gasteiger partial charge on any atom is 0.267 e. The van der Waals surface area contributed by atoms with Crippen molar-refractivity contribution in [2.45, 2.75) is 0 Å². The van der Waals surface area contributed by atoms with Crippen LogP contribution in [0.4, 0.5) is 11.4 Å². The van der Waals surface area contributed by atoms with Gasteiger partial charge < -0.3 is 9.80 Å². The molecule has 6 heteroatoms. The summed E-state index contributed by atoms with van der Waals surface area (Å²) in [6.07, 6.45) is 2.15. The molecule has 3 aliphatic heterocycles. The molecule has 19 heavy (non-hydrogen) atoms. The van der Waals surface area contributed by atoms with Crippen molar-refractivity contribution in [2.75, 3.05) is 24.5 Å². The van der Waals surface area contributed by atoms with E-state index in [0.717, 1.165) is 30.3 Å². The lowest BCUT2D eigenvalue weighted by atomic mass is 10.1. The summed E-state index contributed by atoms with van der Waals surface area (Å²) in [6, 6.07) is 5.51. The second kappa shape index (κ2) is 3.81. The van der Waals surface area contributed by atoms with Gasteiger partial charge in [-0.05, 0) is 18.2 Å². The number of carbonyl (C=O) groups is 1. The predicted molar refractivity (Wildman–Crippen MR) is 74.2 cm³/mol. The number of benzene rings is 1. The molecule has 1 aromatic carbocycles. The highest BCUT2D eigenvalue weighted by Crippen LogP contribution is 2.37. The summed E-state index contributed by atoms with van der Waals surface area (Å²) in [5.74, 6) is 1.29. The van der Waals surface area contributed by atoms with Gasteiger partial charge in [0.05, 0.1) is 11.4 Å². The zero-order chi connectivity index (χ0) is 13.0. The molecule has 1 radical (unpaired) electrons. The van der Waals surface area contributed by atoms with E-state index in [1.54, 1.807) is 0 Å². The third-order valence-electron chi connectivity index (χ3n) is 3.43. The Bertz CT molecular complexity index is 648. The van der Waals surface area contributed by atoms with E-state index < -0.39 is 0 Å². The normalized spacial score (nSPS) is 20.6. The number of hydrogen-bond donors (Lipinski definition) is 0. The number of amides is 1. The Morgan fingerprint density at radius 3 is 2.74 bits per heavy atom. The van der Waals surface area contributed by atoms with Gasteiger partial charge in [0.2, 0.25) is 0 Å². The smallest absolute Gasteiger partial charge is 0.267 e. The molecule has 0 saturated carbocycles. The highest BCUT2D eigenvalue weighted by molar-refractivity contribution is 6.50. The number of hydrogen-bond acceptors (Lipinski definition) is 4. The van der Waals surface area contributed by atoms with Crippen LogP contribution >= 0.6 is 11.6 Å². The van der Waals surface area contributed by atoms with Gasteiger partial charge in [0.1, 0.15) is 6.54 Å². The number of anilines is 1. The molecule has 0 bridgehead atoms. The molecule has 95 valence electrons. The lowest BCUT2D eigenvalue weighted by molar-refractivity contribution is -0.115. The van der Waals surface area contributed by atoms with Gasteiger partial charge in [-0.15, -0.1) is 0 Å². The minimum Gasteiger partial charge on any atom is -0.353 e. The second-order valence-corrected chi connectivity index (χ2v) is 5.11. The molecule has 0 aliphatic carbocycles. The molecule has 1 fully saturated rings. The van der Waals surface area contributed by atoms with E-state index in [-0.39, 0.29) is 12.5 Å². The van der Waals surface area contributed by atoms with Crippen molar-refractivity contribution >= 4 is 40.6 Å². The molecular formula is C13H10ClN4O. The third kappa shape index (κ3) is 1.58. The average molecular weight is 274 g/mol. The second-order valence-electron chi connectivity index (χ2n) is 4.68. The summed E-state index contributed by atoms with van der Waals surface area (Å²) < 4.78 is 0. The molecule has 0 spiro atoms. The van der Waals surface area contributed by atoms with Gasteiger partial charge in [0.15, 0.2) is 11.7 Å². The minimum atomic E-state index is -0.139. The van der Waals surface area contributed by atoms with Crippen molar-refractivity contribution in [2.24, 2.45) is 9.98 Å². The van der Waals surface area contributed by atoms with Crippen LogP contribution < -0.4 is 4.90 Å². The maximum atomic E-state index is 11.6. The molecular weight excluding hydrogens is 264 g/mol. The summed E-state index contributed by atoms with van der Waals surface area (Å²) in [7, 11) is 0. The van der Waals surface area contributed by atoms with E-state index in [2.05, 4.69) is 21.3 Å². The van der Waals surface area contributed by atoms with Crippen LogP contribution in [0, 0.1) is 6.42 Å². The van der Waals surface area contributed by atoms with E-state index in [4.69, 9.17) is 11.6 Å². The first-order valence-corrected chi connectivity index (χ1v) is 6.44. The standard InChI is InChI=1S/C13H10ClN4O/c14-8-2-3-9-10(6-8)18-7-11(19)16-13(18)12(15-9)17-4-1-5-17/h1-3,6H,4-5,7H2. The topological polar surface area (TPSA) is 48.3 Å². The van der Waals surface area contributed by atoms with E-state index in [1.807, 2.05) is 23.1 Å². The van der Waals surface area contributed by atoms with Gasteiger partial charge in [-0.25, -0.2) is 4.99 Å². The van der Waals surface area contributed by atoms with E-state index in [9.17, 15) is 4.79 Å². The molecule has 0 N–H and O–H groups in total. The summed E-state index contributed by atoms with van der Waals surface area (Å²) in [6.45, 7) is 1.96. The Hall–Kier alpha value is -1.88. The number of rotatable bonds is 0. The molecule has 0 aromatic heterocycles. The van der Waals surface area contributed by atoms with Gasteiger partial charge in [0.25, 0.3) is 5.91 Å². The number of amidine groups is 2. The Morgan fingerprint density at radius 1 is 1.16 bits per heavy atom. The number of carbonyl (C=O) groups excluding carboxylic acids is 1. The zero-order valence-electron chi connectivity index (χ0n) is 10.0. The van der Waals surface area contributed by atoms with Crippen LogP contribution in [-0.4, -0.2) is 42.1 Å². The fraction of sp³-hybridized carbons (Fsp3) is 0.231. The molecule has 0 atom stereocenters. The highest BCUT2D eigenvalue weighted by Gasteiger charge is 2.37. The van der Waals surface area contributed by atoms with Crippen molar-refractivity contribution in [3.8, 4) is 0 Å². The fourth-order valence-electron chi connectivity index (χ4n) is 2.41. The van der Waals surface area contributed by atoms with E-state index >= 15 is 0 Å². The Morgan fingerprint density at radius 2 is 2.00 bits per heavy atom. The Balaban J connectivity index is 1.89. The highest BCUT2D eigenvalue weighted by atomic mass is 35.5. The lowest BCUT2D eigenvalue weighted by Gasteiger charge is -2.37. The molecule has 3 heterocycles. The number of halogens is 1. The van der Waals surface area contributed by atoms with Gasteiger partial charge in [-0.2, -0.15) is 4.99 Å². The summed E-state index contributed by atoms with van der Waals surface area (Å²) >= 11 is 6.03. The number of nitrogens with zero attached hydrogens (tertiary/aromatic N) is 4. The first-order valence-electron chi connectivity index (χ1n) is 6.07. The SMILES string of the molecule is O=C1CN2C(=N1)C(N1C[CH]C1)=Nc1ccc(Cl)cc12. The quantitative estimate of drug-likeness (QED) is 0.722. The monoisotopic (exact) mass is 273 g/mol. The summed E-state index contributed by atoms with van der Waals surface area (Å²) in [5.41, 5.74) is 1.69. The largest absolute Gasteiger partial charge is 0.353 e. The zero-order valence-corrected chi connectivity index (χ0v) is 10.8. The third-order valence-corrected chi connectivity index (χ3v) is 3.67. The molecule has 1 amide bonds. The molecule has 0 unspecified atom stereocenters. The van der Waals surface area contributed by atoms with Crippen LogP contribution in [-0.2, 0) is 4.79 Å². The van der Waals surface area contributed by atoms with Crippen LogP contribution in [0.2, 0.25) is 5.02 Å². The number of aliphatic imine (C=N–C) groups is 2. The molecule has 3 aliphatic rings. The minimum absolute atomic E-state index is 0.139. The van der Waals surface area contributed by atoms with Gasteiger partial charge in [-0.3, -0.25) is 4.79 Å². The van der Waals surface area contributed by atoms with Crippen molar-refractivity contribution in [1.82, 2.24) is 4.90 Å². The lowest BCUT2D eigenvalue weighted by Crippen LogP contribution is -2.51.